The lowest BCUT2D eigenvalue weighted by molar-refractivity contribution is 0.125. The van der Waals surface area contributed by atoms with Crippen LogP contribution in [0, 0.1) is 5.92 Å². The summed E-state index contributed by atoms with van der Waals surface area (Å²) in [5, 5.41) is 3.65. The van der Waals surface area contributed by atoms with Gasteiger partial charge in [-0.15, -0.1) is 0 Å². The van der Waals surface area contributed by atoms with E-state index in [1.54, 1.807) is 12.1 Å². The lowest BCUT2D eigenvalue weighted by Gasteiger charge is -2.39. The molecule has 0 aromatic heterocycles. The van der Waals surface area contributed by atoms with Gasteiger partial charge in [0.2, 0.25) is 0 Å². The van der Waals surface area contributed by atoms with E-state index in [4.69, 9.17) is 0 Å². The quantitative estimate of drug-likeness (QED) is 0.919. The maximum atomic E-state index is 11.5. The van der Waals surface area contributed by atoms with Crippen LogP contribution >= 0.6 is 0 Å². The highest BCUT2D eigenvalue weighted by molar-refractivity contribution is 7.90. The van der Waals surface area contributed by atoms with E-state index in [1.807, 2.05) is 12.1 Å². The van der Waals surface area contributed by atoms with Crippen LogP contribution in [0.1, 0.15) is 25.3 Å². The van der Waals surface area contributed by atoms with Crippen molar-refractivity contribution in [3.05, 3.63) is 29.8 Å². The molecule has 1 aromatic rings. The van der Waals surface area contributed by atoms with Crippen molar-refractivity contribution < 1.29 is 8.42 Å². The van der Waals surface area contributed by atoms with E-state index in [2.05, 4.69) is 17.1 Å². The number of piperazine rings is 1. The van der Waals surface area contributed by atoms with Crippen LogP contribution in [0.25, 0.3) is 0 Å². The molecule has 2 unspecified atom stereocenters. The van der Waals surface area contributed by atoms with Gasteiger partial charge < -0.3 is 5.32 Å². The monoisotopic (exact) mass is 308 g/mol. The highest BCUT2D eigenvalue weighted by Crippen LogP contribution is 2.34. The van der Waals surface area contributed by atoms with Gasteiger partial charge in [0.25, 0.3) is 0 Å². The van der Waals surface area contributed by atoms with Crippen molar-refractivity contribution in [1.82, 2.24) is 10.2 Å². The Bertz CT molecular complexity index is 593. The lowest BCUT2D eigenvalue weighted by atomic mass is 10.1. The van der Waals surface area contributed by atoms with Gasteiger partial charge >= 0.3 is 0 Å². The van der Waals surface area contributed by atoms with Gasteiger partial charge in [-0.2, -0.15) is 0 Å². The van der Waals surface area contributed by atoms with Gasteiger partial charge in [0, 0.05) is 38.0 Å². The molecule has 0 spiro atoms. The first kappa shape index (κ1) is 15.0. The highest BCUT2D eigenvalue weighted by Gasteiger charge is 2.35. The fourth-order valence-corrected chi connectivity index (χ4v) is 3.69. The third-order valence-electron chi connectivity index (χ3n) is 4.66. The summed E-state index contributed by atoms with van der Waals surface area (Å²) in [7, 11) is -3.10. The molecule has 2 aliphatic rings. The molecule has 1 N–H and O–H groups in total. The average Bonchev–Trinajstić information content (AvgIpc) is 3.25. The Morgan fingerprint density at radius 2 is 1.90 bits per heavy atom. The number of nitrogens with one attached hydrogen (secondary N) is 1. The molecule has 0 radical (unpaired) electrons. The Hall–Kier alpha value is -0.910. The van der Waals surface area contributed by atoms with Crippen molar-refractivity contribution in [2.24, 2.45) is 5.92 Å². The number of nitrogens with zero attached hydrogens (tertiary/aromatic N) is 1. The van der Waals surface area contributed by atoms with E-state index in [9.17, 15) is 8.42 Å². The first-order valence-corrected chi connectivity index (χ1v) is 9.59. The first-order valence-electron chi connectivity index (χ1n) is 7.70. The van der Waals surface area contributed by atoms with Gasteiger partial charge in [-0.1, -0.05) is 12.1 Å². The standard InChI is InChI=1S/C16H24N2O2S/c1-12-9-17-16(14-5-6-14)11-18(12)10-13-3-7-15(8-4-13)21(2,19)20/h3-4,7-8,12,14,16-17H,5-6,9-11H2,1-2H3. The number of hydrogen-bond acceptors (Lipinski definition) is 4. The van der Waals surface area contributed by atoms with Crippen LogP contribution in [-0.4, -0.2) is 44.7 Å². The summed E-state index contributed by atoms with van der Waals surface area (Å²) in [4.78, 5) is 2.91. The van der Waals surface area contributed by atoms with Gasteiger partial charge in [0.15, 0.2) is 9.84 Å². The zero-order valence-electron chi connectivity index (χ0n) is 12.7. The van der Waals surface area contributed by atoms with Crippen LogP contribution in [0.15, 0.2) is 29.2 Å². The Kier molecular flexibility index (Phi) is 4.08. The van der Waals surface area contributed by atoms with E-state index in [-0.39, 0.29) is 0 Å². The Morgan fingerprint density at radius 1 is 1.24 bits per heavy atom. The normalized spacial score (nSPS) is 27.7. The molecule has 2 atom stereocenters. The Balaban J connectivity index is 1.67. The SMILES string of the molecule is CC1CNC(C2CC2)CN1Cc1ccc(S(C)(=O)=O)cc1. The summed E-state index contributed by atoms with van der Waals surface area (Å²) in [5.74, 6) is 0.868. The van der Waals surface area contributed by atoms with Crippen molar-refractivity contribution in [2.45, 2.75) is 43.3 Å². The van der Waals surface area contributed by atoms with Crippen molar-refractivity contribution >= 4 is 9.84 Å². The molecule has 2 fully saturated rings. The summed E-state index contributed by atoms with van der Waals surface area (Å²) in [6.07, 6.45) is 3.98. The summed E-state index contributed by atoms with van der Waals surface area (Å²) < 4.78 is 23.0. The molecule has 0 amide bonds. The van der Waals surface area contributed by atoms with Crippen molar-refractivity contribution in [1.29, 1.82) is 0 Å². The Labute approximate surface area is 127 Å². The number of sulfone groups is 1. The average molecular weight is 308 g/mol. The second-order valence-electron chi connectivity index (χ2n) is 6.55. The Morgan fingerprint density at radius 3 is 2.48 bits per heavy atom. The predicted molar refractivity (Wildman–Crippen MR) is 83.9 cm³/mol. The minimum absolute atomic E-state index is 0.399. The molecule has 0 bridgehead atoms. The summed E-state index contributed by atoms with van der Waals surface area (Å²) >= 11 is 0. The maximum Gasteiger partial charge on any atom is 0.175 e. The van der Waals surface area contributed by atoms with E-state index < -0.39 is 9.84 Å². The largest absolute Gasteiger partial charge is 0.311 e. The fraction of sp³-hybridized carbons (Fsp3) is 0.625. The zero-order chi connectivity index (χ0) is 15.0. The molecule has 116 valence electrons. The van der Waals surface area contributed by atoms with Gasteiger partial charge in [0.1, 0.15) is 0 Å². The van der Waals surface area contributed by atoms with Crippen molar-refractivity contribution in [3.63, 3.8) is 0 Å². The second kappa shape index (κ2) is 5.71. The van der Waals surface area contributed by atoms with E-state index in [0.29, 0.717) is 17.0 Å². The number of benzene rings is 1. The molecular formula is C16H24N2O2S. The first-order chi connectivity index (χ1) is 9.93. The minimum Gasteiger partial charge on any atom is -0.311 e. The van der Waals surface area contributed by atoms with Crippen LogP contribution in [0.3, 0.4) is 0 Å². The minimum atomic E-state index is -3.10. The summed E-state index contributed by atoms with van der Waals surface area (Å²) in [6, 6.07) is 8.48. The highest BCUT2D eigenvalue weighted by atomic mass is 32.2. The summed E-state index contributed by atoms with van der Waals surface area (Å²) in [5.41, 5.74) is 1.19. The molecule has 1 saturated heterocycles. The van der Waals surface area contributed by atoms with Crippen LogP contribution in [0.2, 0.25) is 0 Å². The second-order valence-corrected chi connectivity index (χ2v) is 8.56. The van der Waals surface area contributed by atoms with Crippen LogP contribution in [0.4, 0.5) is 0 Å². The van der Waals surface area contributed by atoms with E-state index >= 15 is 0 Å². The predicted octanol–water partition coefficient (Wildman–Crippen LogP) is 1.66. The molecule has 1 aliphatic carbocycles. The van der Waals surface area contributed by atoms with Gasteiger partial charge in [0.05, 0.1) is 4.90 Å². The molecule has 1 aromatic carbocycles. The van der Waals surface area contributed by atoms with Crippen molar-refractivity contribution in [2.75, 3.05) is 19.3 Å². The topological polar surface area (TPSA) is 49.4 Å². The molecule has 21 heavy (non-hydrogen) atoms. The lowest BCUT2D eigenvalue weighted by Crippen LogP contribution is -2.55. The van der Waals surface area contributed by atoms with Crippen molar-refractivity contribution in [3.8, 4) is 0 Å². The van der Waals surface area contributed by atoms with Gasteiger partial charge in [-0.05, 0) is 43.4 Å². The molecule has 1 heterocycles. The molecular weight excluding hydrogens is 284 g/mol. The summed E-state index contributed by atoms with van der Waals surface area (Å²) in [6.45, 7) is 5.29. The molecule has 4 nitrogen and oxygen atoms in total. The number of rotatable bonds is 4. The fourth-order valence-electron chi connectivity index (χ4n) is 3.06. The van der Waals surface area contributed by atoms with E-state index in [0.717, 1.165) is 25.6 Å². The van der Waals surface area contributed by atoms with E-state index in [1.165, 1.54) is 24.7 Å². The molecule has 1 aliphatic heterocycles. The third kappa shape index (κ3) is 3.65. The van der Waals surface area contributed by atoms with Crippen LogP contribution in [-0.2, 0) is 16.4 Å². The molecule has 1 saturated carbocycles. The molecule has 3 rings (SSSR count). The van der Waals surface area contributed by atoms with Crippen LogP contribution < -0.4 is 5.32 Å². The van der Waals surface area contributed by atoms with Crippen LogP contribution in [0.5, 0.6) is 0 Å². The third-order valence-corrected chi connectivity index (χ3v) is 5.79. The van der Waals surface area contributed by atoms with Gasteiger partial charge in [-0.3, -0.25) is 4.90 Å². The zero-order valence-corrected chi connectivity index (χ0v) is 13.6. The smallest absolute Gasteiger partial charge is 0.175 e. The maximum absolute atomic E-state index is 11.5. The van der Waals surface area contributed by atoms with Gasteiger partial charge in [-0.25, -0.2) is 8.42 Å². The molecule has 5 heteroatoms. The number of hydrogen-bond donors (Lipinski definition) is 1.